The number of aliphatic hydroxyl groups is 1. The lowest BCUT2D eigenvalue weighted by molar-refractivity contribution is 0.0442. The van der Waals surface area contributed by atoms with Gasteiger partial charge in [-0.1, -0.05) is 35.9 Å². The molecule has 2 aromatic rings. The Labute approximate surface area is 146 Å². The average Bonchev–Trinajstić information content (AvgIpc) is 2.91. The standard InChI is InChI=1S/C17H18ClNO4S/c1-23-15-7-6-13(18)10-16(15)24(21,22)19-11-17(20)9-8-12-4-2-3-5-14(12)17/h2-7,10,19-20H,8-9,11H2,1H3/t17-/m1/s1. The van der Waals surface area contributed by atoms with Crippen molar-refractivity contribution in [2.75, 3.05) is 13.7 Å². The molecule has 1 aliphatic carbocycles. The average molecular weight is 368 g/mol. The van der Waals surface area contributed by atoms with Gasteiger partial charge >= 0.3 is 0 Å². The summed E-state index contributed by atoms with van der Waals surface area (Å²) in [5.74, 6) is 0.200. The van der Waals surface area contributed by atoms with E-state index in [0.717, 1.165) is 17.5 Å². The summed E-state index contributed by atoms with van der Waals surface area (Å²) >= 11 is 5.90. The summed E-state index contributed by atoms with van der Waals surface area (Å²) in [5, 5.41) is 11.1. The van der Waals surface area contributed by atoms with Crippen LogP contribution in [-0.4, -0.2) is 27.2 Å². The molecule has 0 aliphatic heterocycles. The number of hydrogen-bond donors (Lipinski definition) is 2. The van der Waals surface area contributed by atoms with Crippen molar-refractivity contribution in [1.29, 1.82) is 0 Å². The first kappa shape index (κ1) is 17.2. The maximum absolute atomic E-state index is 12.6. The second-order valence-corrected chi connectivity index (χ2v) is 7.98. The van der Waals surface area contributed by atoms with E-state index in [1.165, 1.54) is 19.2 Å². The molecular weight excluding hydrogens is 350 g/mol. The van der Waals surface area contributed by atoms with Crippen molar-refractivity contribution in [3.63, 3.8) is 0 Å². The van der Waals surface area contributed by atoms with Gasteiger partial charge in [-0.05, 0) is 42.2 Å². The maximum Gasteiger partial charge on any atom is 0.244 e. The van der Waals surface area contributed by atoms with Gasteiger partial charge in [0.25, 0.3) is 0 Å². The normalized spacial score (nSPS) is 20.0. The Bertz CT molecular complexity index is 869. The Morgan fingerprint density at radius 2 is 2.04 bits per heavy atom. The van der Waals surface area contributed by atoms with Crippen molar-refractivity contribution < 1.29 is 18.3 Å². The summed E-state index contributed by atoms with van der Waals surface area (Å²) in [4.78, 5) is -0.0487. The Balaban J connectivity index is 1.86. The zero-order chi connectivity index (χ0) is 17.4. The Morgan fingerprint density at radius 3 is 2.79 bits per heavy atom. The number of benzene rings is 2. The third-order valence-electron chi connectivity index (χ3n) is 4.30. The van der Waals surface area contributed by atoms with Crippen LogP contribution in [0.5, 0.6) is 5.75 Å². The lowest BCUT2D eigenvalue weighted by Gasteiger charge is -2.24. The zero-order valence-electron chi connectivity index (χ0n) is 13.1. The number of aryl methyl sites for hydroxylation is 1. The lowest BCUT2D eigenvalue weighted by Crippen LogP contribution is -2.39. The summed E-state index contributed by atoms with van der Waals surface area (Å²) < 4.78 is 32.8. The molecule has 128 valence electrons. The molecule has 2 aromatic carbocycles. The van der Waals surface area contributed by atoms with Gasteiger partial charge in [-0.3, -0.25) is 0 Å². The van der Waals surface area contributed by atoms with E-state index in [1.54, 1.807) is 6.07 Å². The molecule has 0 fully saturated rings. The first-order valence-corrected chi connectivity index (χ1v) is 9.36. The van der Waals surface area contributed by atoms with Crippen LogP contribution in [0, 0.1) is 0 Å². The monoisotopic (exact) mass is 367 g/mol. The molecule has 2 N–H and O–H groups in total. The molecule has 0 bridgehead atoms. The van der Waals surface area contributed by atoms with Crippen molar-refractivity contribution in [3.05, 3.63) is 58.6 Å². The number of hydrogen-bond acceptors (Lipinski definition) is 4. The van der Waals surface area contributed by atoms with E-state index in [1.807, 2.05) is 24.3 Å². The van der Waals surface area contributed by atoms with E-state index in [4.69, 9.17) is 16.3 Å². The lowest BCUT2D eigenvalue weighted by atomic mass is 9.96. The van der Waals surface area contributed by atoms with Gasteiger partial charge < -0.3 is 9.84 Å². The summed E-state index contributed by atoms with van der Waals surface area (Å²) in [5.41, 5.74) is 0.598. The number of fused-ring (bicyclic) bond motifs is 1. The fraction of sp³-hybridized carbons (Fsp3) is 0.294. The van der Waals surface area contributed by atoms with Gasteiger partial charge in [0.05, 0.1) is 7.11 Å². The van der Waals surface area contributed by atoms with E-state index in [-0.39, 0.29) is 17.2 Å². The minimum atomic E-state index is -3.87. The van der Waals surface area contributed by atoms with Crippen molar-refractivity contribution in [1.82, 2.24) is 4.72 Å². The molecule has 0 aromatic heterocycles. The van der Waals surface area contributed by atoms with Crippen molar-refractivity contribution in [3.8, 4) is 5.75 Å². The smallest absolute Gasteiger partial charge is 0.244 e. The van der Waals surface area contributed by atoms with Crippen LogP contribution in [0.1, 0.15) is 17.5 Å². The van der Waals surface area contributed by atoms with Crippen molar-refractivity contribution >= 4 is 21.6 Å². The van der Waals surface area contributed by atoms with Gasteiger partial charge in [-0.2, -0.15) is 0 Å². The Kier molecular flexibility index (Phi) is 4.57. The molecule has 24 heavy (non-hydrogen) atoms. The topological polar surface area (TPSA) is 75.6 Å². The highest BCUT2D eigenvalue weighted by Crippen LogP contribution is 2.36. The third-order valence-corrected chi connectivity index (χ3v) is 5.95. The molecule has 0 radical (unpaired) electrons. The second kappa shape index (κ2) is 6.37. The van der Waals surface area contributed by atoms with Gasteiger partial charge in [0.2, 0.25) is 10.0 Å². The zero-order valence-corrected chi connectivity index (χ0v) is 14.7. The molecule has 5 nitrogen and oxygen atoms in total. The van der Waals surface area contributed by atoms with Crippen LogP contribution >= 0.6 is 11.6 Å². The summed E-state index contributed by atoms with van der Waals surface area (Å²) in [6.45, 7) is -0.109. The van der Waals surface area contributed by atoms with Gasteiger partial charge in [0.1, 0.15) is 16.2 Å². The molecule has 0 saturated carbocycles. The Morgan fingerprint density at radius 1 is 1.29 bits per heavy atom. The first-order valence-electron chi connectivity index (χ1n) is 7.50. The predicted molar refractivity (Wildman–Crippen MR) is 91.9 cm³/mol. The molecule has 0 amide bonds. The molecular formula is C17H18ClNO4S. The maximum atomic E-state index is 12.6. The minimum absolute atomic E-state index is 0.0487. The Hall–Kier alpha value is -1.60. The number of nitrogens with one attached hydrogen (secondary N) is 1. The van der Waals surface area contributed by atoms with Gasteiger partial charge in [-0.15, -0.1) is 0 Å². The first-order chi connectivity index (χ1) is 11.4. The fourth-order valence-corrected chi connectivity index (χ4v) is 4.52. The van der Waals surface area contributed by atoms with Crippen LogP contribution in [0.4, 0.5) is 0 Å². The number of halogens is 1. The summed E-state index contributed by atoms with van der Waals surface area (Å²) in [6.07, 6.45) is 1.19. The number of methoxy groups -OCH3 is 1. The second-order valence-electron chi connectivity index (χ2n) is 5.81. The molecule has 0 heterocycles. The van der Waals surface area contributed by atoms with E-state index in [0.29, 0.717) is 11.4 Å². The fourth-order valence-electron chi connectivity index (χ4n) is 3.00. The SMILES string of the molecule is COc1ccc(Cl)cc1S(=O)(=O)NC[C@]1(O)CCc2ccccc21. The largest absolute Gasteiger partial charge is 0.495 e. The van der Waals surface area contributed by atoms with E-state index in [2.05, 4.69) is 4.72 Å². The van der Waals surface area contributed by atoms with Crippen LogP contribution in [0.3, 0.4) is 0 Å². The highest BCUT2D eigenvalue weighted by molar-refractivity contribution is 7.89. The summed E-state index contributed by atoms with van der Waals surface area (Å²) in [6, 6.07) is 11.9. The van der Waals surface area contributed by atoms with Crippen molar-refractivity contribution in [2.24, 2.45) is 0 Å². The van der Waals surface area contributed by atoms with Gasteiger partial charge in [-0.25, -0.2) is 13.1 Å². The van der Waals surface area contributed by atoms with Gasteiger partial charge in [0.15, 0.2) is 0 Å². The third kappa shape index (κ3) is 3.15. The van der Waals surface area contributed by atoms with Gasteiger partial charge in [0, 0.05) is 11.6 Å². The highest BCUT2D eigenvalue weighted by atomic mass is 35.5. The minimum Gasteiger partial charge on any atom is -0.495 e. The van der Waals surface area contributed by atoms with E-state index >= 15 is 0 Å². The van der Waals surface area contributed by atoms with E-state index < -0.39 is 15.6 Å². The van der Waals surface area contributed by atoms with E-state index in [9.17, 15) is 13.5 Å². The highest BCUT2D eigenvalue weighted by Gasteiger charge is 2.37. The number of ether oxygens (including phenoxy) is 1. The van der Waals surface area contributed by atoms with Crippen LogP contribution in [0.25, 0.3) is 0 Å². The molecule has 0 spiro atoms. The molecule has 0 unspecified atom stereocenters. The molecule has 1 atom stereocenters. The molecule has 0 saturated heterocycles. The molecule has 7 heteroatoms. The van der Waals surface area contributed by atoms with Crippen LogP contribution in [0.2, 0.25) is 5.02 Å². The van der Waals surface area contributed by atoms with Crippen LogP contribution < -0.4 is 9.46 Å². The van der Waals surface area contributed by atoms with Crippen LogP contribution in [-0.2, 0) is 22.0 Å². The number of sulfonamides is 1. The number of rotatable bonds is 5. The molecule has 1 aliphatic rings. The van der Waals surface area contributed by atoms with Crippen molar-refractivity contribution in [2.45, 2.75) is 23.3 Å². The predicted octanol–water partition coefficient (Wildman–Crippen LogP) is 2.46. The quantitative estimate of drug-likeness (QED) is 0.851. The summed E-state index contributed by atoms with van der Waals surface area (Å²) in [7, 11) is -2.48. The molecule has 3 rings (SSSR count). The van der Waals surface area contributed by atoms with Crippen LogP contribution in [0.15, 0.2) is 47.4 Å².